The summed E-state index contributed by atoms with van der Waals surface area (Å²) in [5.74, 6) is -0.416. The molecule has 0 amide bonds. The second-order valence-electron chi connectivity index (χ2n) is 4.45. The molecule has 0 aliphatic rings. The molecular weight excluding hydrogens is 327 g/mol. The fourth-order valence-electron chi connectivity index (χ4n) is 1.99. The molecule has 0 fully saturated rings. The van der Waals surface area contributed by atoms with Gasteiger partial charge in [-0.05, 0) is 23.8 Å². The van der Waals surface area contributed by atoms with Crippen LogP contribution in [0, 0.1) is 0 Å². The lowest BCUT2D eigenvalue weighted by Gasteiger charge is -2.04. The third kappa shape index (κ3) is 3.05. The first-order chi connectivity index (χ1) is 10.1. The Hall–Kier alpha value is -1.55. The summed E-state index contributed by atoms with van der Waals surface area (Å²) in [6, 6.07) is 14.8. The van der Waals surface area contributed by atoms with E-state index < -0.39 is 5.97 Å². The summed E-state index contributed by atoms with van der Waals surface area (Å²) < 4.78 is 6.28. The highest BCUT2D eigenvalue weighted by molar-refractivity contribution is 7.21. The molecule has 0 aliphatic heterocycles. The summed E-state index contributed by atoms with van der Waals surface area (Å²) in [6.07, 6.45) is 0. The van der Waals surface area contributed by atoms with E-state index in [0.717, 1.165) is 15.6 Å². The first kappa shape index (κ1) is 14.4. The quantitative estimate of drug-likeness (QED) is 0.585. The molecule has 106 valence electrons. The van der Waals surface area contributed by atoms with Gasteiger partial charge in [0, 0.05) is 15.1 Å². The molecule has 2 aromatic carbocycles. The molecular formula is C16H10Cl2O2S. The van der Waals surface area contributed by atoms with Gasteiger partial charge in [-0.25, -0.2) is 4.79 Å². The molecule has 1 heterocycles. The topological polar surface area (TPSA) is 26.3 Å². The van der Waals surface area contributed by atoms with Crippen LogP contribution in [-0.4, -0.2) is 5.97 Å². The first-order valence-corrected chi connectivity index (χ1v) is 7.81. The van der Waals surface area contributed by atoms with Crippen LogP contribution in [0.3, 0.4) is 0 Å². The van der Waals surface area contributed by atoms with E-state index in [1.54, 1.807) is 12.1 Å². The zero-order valence-corrected chi connectivity index (χ0v) is 13.1. The molecule has 0 unspecified atom stereocenters. The van der Waals surface area contributed by atoms with Crippen LogP contribution in [0.5, 0.6) is 0 Å². The monoisotopic (exact) mass is 336 g/mol. The zero-order valence-electron chi connectivity index (χ0n) is 10.8. The van der Waals surface area contributed by atoms with Crippen LogP contribution in [-0.2, 0) is 11.3 Å². The van der Waals surface area contributed by atoms with Crippen LogP contribution in [0.1, 0.15) is 15.2 Å². The van der Waals surface area contributed by atoms with Gasteiger partial charge in [0.25, 0.3) is 0 Å². The summed E-state index contributed by atoms with van der Waals surface area (Å²) in [7, 11) is 0. The maximum absolute atomic E-state index is 12.2. The van der Waals surface area contributed by atoms with Gasteiger partial charge in [-0.3, -0.25) is 0 Å². The summed E-state index contributed by atoms with van der Waals surface area (Å²) in [6.45, 7) is 0.171. The molecule has 3 aromatic rings. The van der Waals surface area contributed by atoms with Crippen LogP contribution in [0.25, 0.3) is 10.1 Å². The summed E-state index contributed by atoms with van der Waals surface area (Å²) in [5, 5.41) is 1.94. The van der Waals surface area contributed by atoms with Gasteiger partial charge in [0.05, 0.1) is 5.02 Å². The van der Waals surface area contributed by atoms with Crippen LogP contribution in [0.2, 0.25) is 10.0 Å². The average Bonchev–Trinajstić information content (AvgIpc) is 2.83. The van der Waals surface area contributed by atoms with E-state index in [9.17, 15) is 4.79 Å². The molecule has 3 rings (SSSR count). The van der Waals surface area contributed by atoms with Gasteiger partial charge in [0.15, 0.2) is 0 Å². The van der Waals surface area contributed by atoms with Crippen LogP contribution in [0.15, 0.2) is 48.5 Å². The predicted octanol–water partition coefficient (Wildman–Crippen LogP) is 5.57. The Labute approximate surface area is 135 Å². The predicted molar refractivity (Wildman–Crippen MR) is 87.4 cm³/mol. The maximum Gasteiger partial charge on any atom is 0.350 e. The van der Waals surface area contributed by atoms with Gasteiger partial charge in [-0.2, -0.15) is 0 Å². The molecule has 0 bridgehead atoms. The van der Waals surface area contributed by atoms with Gasteiger partial charge in [0.2, 0.25) is 0 Å². The third-order valence-corrected chi connectivity index (χ3v) is 4.87. The van der Waals surface area contributed by atoms with Crippen molar-refractivity contribution in [2.24, 2.45) is 0 Å². The molecule has 0 aliphatic carbocycles. The van der Waals surface area contributed by atoms with Gasteiger partial charge in [0.1, 0.15) is 11.5 Å². The number of benzene rings is 2. The van der Waals surface area contributed by atoms with E-state index >= 15 is 0 Å². The second kappa shape index (κ2) is 6.06. The number of fused-ring (bicyclic) bond motifs is 1. The van der Waals surface area contributed by atoms with Crippen molar-refractivity contribution >= 4 is 50.6 Å². The molecule has 5 heteroatoms. The number of carbonyl (C=O) groups excluding carboxylic acids is 1. The van der Waals surface area contributed by atoms with Gasteiger partial charge < -0.3 is 4.74 Å². The number of thiophene rings is 1. The van der Waals surface area contributed by atoms with E-state index in [2.05, 4.69) is 0 Å². The van der Waals surface area contributed by atoms with E-state index in [-0.39, 0.29) is 6.61 Å². The minimum Gasteiger partial charge on any atom is -0.457 e. The fourth-order valence-corrected chi connectivity index (χ4v) is 3.60. The Bertz CT molecular complexity index is 811. The van der Waals surface area contributed by atoms with Crippen molar-refractivity contribution in [2.75, 3.05) is 0 Å². The lowest BCUT2D eigenvalue weighted by Crippen LogP contribution is -2.03. The third-order valence-electron chi connectivity index (χ3n) is 2.98. The normalized spacial score (nSPS) is 10.8. The number of ether oxygens (including phenoxy) is 1. The highest BCUT2D eigenvalue weighted by Crippen LogP contribution is 2.35. The SMILES string of the molecule is O=C(OCc1cccc(Cl)c1)c1sc2ccccc2c1Cl. The molecule has 0 spiro atoms. The maximum atomic E-state index is 12.2. The standard InChI is InChI=1S/C16H10Cl2O2S/c17-11-5-3-4-10(8-11)9-20-16(19)15-14(18)12-6-1-2-7-13(12)21-15/h1-8H,9H2. The molecule has 2 nitrogen and oxygen atoms in total. The van der Waals surface area contributed by atoms with Gasteiger partial charge in [-0.1, -0.05) is 53.5 Å². The Morgan fingerprint density at radius 3 is 2.67 bits per heavy atom. The summed E-state index contributed by atoms with van der Waals surface area (Å²) in [4.78, 5) is 12.6. The number of rotatable bonds is 3. The van der Waals surface area contributed by atoms with Crippen LogP contribution >= 0.6 is 34.5 Å². The van der Waals surface area contributed by atoms with Gasteiger partial charge in [-0.15, -0.1) is 11.3 Å². The Morgan fingerprint density at radius 1 is 1.10 bits per heavy atom. The van der Waals surface area contributed by atoms with Crippen LogP contribution in [0.4, 0.5) is 0 Å². The molecule has 0 radical (unpaired) electrons. The molecule has 0 saturated heterocycles. The fraction of sp³-hybridized carbons (Fsp3) is 0.0625. The van der Waals surface area contributed by atoms with Gasteiger partial charge >= 0.3 is 5.97 Å². The second-order valence-corrected chi connectivity index (χ2v) is 6.31. The lowest BCUT2D eigenvalue weighted by atomic mass is 10.2. The number of hydrogen-bond donors (Lipinski definition) is 0. The highest BCUT2D eigenvalue weighted by atomic mass is 35.5. The van der Waals surface area contributed by atoms with Crippen molar-refractivity contribution in [3.63, 3.8) is 0 Å². The van der Waals surface area contributed by atoms with E-state index in [1.807, 2.05) is 36.4 Å². The van der Waals surface area contributed by atoms with E-state index in [0.29, 0.717) is 14.9 Å². The number of halogens is 2. The van der Waals surface area contributed by atoms with Crippen molar-refractivity contribution in [3.8, 4) is 0 Å². The van der Waals surface area contributed by atoms with Crippen LogP contribution < -0.4 is 0 Å². The Morgan fingerprint density at radius 2 is 1.90 bits per heavy atom. The highest BCUT2D eigenvalue weighted by Gasteiger charge is 2.18. The summed E-state index contributed by atoms with van der Waals surface area (Å²) in [5.41, 5.74) is 0.841. The zero-order chi connectivity index (χ0) is 14.8. The first-order valence-electron chi connectivity index (χ1n) is 6.24. The summed E-state index contributed by atoms with van der Waals surface area (Å²) >= 11 is 13.5. The number of hydrogen-bond acceptors (Lipinski definition) is 3. The largest absolute Gasteiger partial charge is 0.457 e. The smallest absolute Gasteiger partial charge is 0.350 e. The Kier molecular flexibility index (Phi) is 4.15. The van der Waals surface area contributed by atoms with E-state index in [4.69, 9.17) is 27.9 Å². The lowest BCUT2D eigenvalue weighted by molar-refractivity contribution is 0.0479. The molecule has 0 atom stereocenters. The molecule has 0 N–H and O–H groups in total. The minimum absolute atomic E-state index is 0.171. The molecule has 0 saturated carbocycles. The van der Waals surface area contributed by atoms with Crippen molar-refractivity contribution in [3.05, 3.63) is 69.0 Å². The van der Waals surface area contributed by atoms with Crippen molar-refractivity contribution < 1.29 is 9.53 Å². The number of esters is 1. The van der Waals surface area contributed by atoms with E-state index in [1.165, 1.54) is 11.3 Å². The number of carbonyl (C=O) groups is 1. The van der Waals surface area contributed by atoms with Crippen molar-refractivity contribution in [1.29, 1.82) is 0 Å². The minimum atomic E-state index is -0.416. The van der Waals surface area contributed by atoms with Crippen molar-refractivity contribution in [2.45, 2.75) is 6.61 Å². The molecule has 21 heavy (non-hydrogen) atoms. The molecule has 1 aromatic heterocycles. The van der Waals surface area contributed by atoms with Crippen molar-refractivity contribution in [1.82, 2.24) is 0 Å². The Balaban J connectivity index is 1.79. The average molecular weight is 337 g/mol.